The number of hydrogen-bond donors (Lipinski definition) is 0. The minimum Gasteiger partial charge on any atom is -0.376 e. The van der Waals surface area contributed by atoms with Crippen molar-refractivity contribution in [3.63, 3.8) is 0 Å². The summed E-state index contributed by atoms with van der Waals surface area (Å²) in [5.74, 6) is -0.172. The fourth-order valence-electron chi connectivity index (χ4n) is 2.02. The van der Waals surface area contributed by atoms with Gasteiger partial charge in [-0.3, -0.25) is 9.78 Å². The van der Waals surface area contributed by atoms with Crippen LogP contribution in [0.25, 0.3) is 0 Å². The van der Waals surface area contributed by atoms with Crippen LogP contribution in [0.5, 0.6) is 0 Å². The molecule has 0 fully saturated rings. The van der Waals surface area contributed by atoms with Crippen LogP contribution < -0.4 is 0 Å². The van der Waals surface area contributed by atoms with E-state index in [4.69, 9.17) is 10.00 Å². The summed E-state index contributed by atoms with van der Waals surface area (Å²) >= 11 is 0. The minimum atomic E-state index is -0.679. The molecule has 0 radical (unpaired) electrons. The first-order valence-corrected chi connectivity index (χ1v) is 6.20. The van der Waals surface area contributed by atoms with Crippen LogP contribution in [0.2, 0.25) is 0 Å². The van der Waals surface area contributed by atoms with Crippen LogP contribution in [0.15, 0.2) is 30.0 Å². The van der Waals surface area contributed by atoms with Crippen molar-refractivity contribution >= 4 is 5.78 Å². The van der Waals surface area contributed by atoms with Gasteiger partial charge in [0.2, 0.25) is 0 Å². The SMILES string of the molecule is CC1(C)COCc2cccnc2C/C=C(/C#N)C1=O. The van der Waals surface area contributed by atoms with Crippen molar-refractivity contribution < 1.29 is 9.53 Å². The van der Waals surface area contributed by atoms with Crippen LogP contribution >= 0.6 is 0 Å². The zero-order chi connectivity index (χ0) is 13.9. The molecule has 0 aromatic carbocycles. The number of hydrogen-bond acceptors (Lipinski definition) is 4. The largest absolute Gasteiger partial charge is 0.376 e. The van der Waals surface area contributed by atoms with Gasteiger partial charge in [0.05, 0.1) is 24.2 Å². The normalized spacial score (nSPS) is 21.7. The van der Waals surface area contributed by atoms with Gasteiger partial charge in [-0.25, -0.2) is 0 Å². The van der Waals surface area contributed by atoms with E-state index in [0.29, 0.717) is 19.6 Å². The molecule has 1 aromatic rings. The van der Waals surface area contributed by atoms with Crippen molar-refractivity contribution in [1.82, 2.24) is 4.98 Å². The second-order valence-corrected chi connectivity index (χ2v) is 5.25. The fraction of sp³-hybridized carbons (Fsp3) is 0.400. The molecule has 0 amide bonds. The quantitative estimate of drug-likeness (QED) is 0.714. The second kappa shape index (κ2) is 5.33. The molecule has 0 N–H and O–H groups in total. The van der Waals surface area contributed by atoms with Gasteiger partial charge >= 0.3 is 0 Å². The number of ketones is 1. The number of nitrogens with zero attached hydrogens (tertiary/aromatic N) is 2. The average Bonchev–Trinajstić information content (AvgIpc) is 2.40. The maximum Gasteiger partial charge on any atom is 0.180 e. The maximum absolute atomic E-state index is 12.2. The molecule has 0 saturated carbocycles. The Morgan fingerprint density at radius 1 is 1.47 bits per heavy atom. The summed E-state index contributed by atoms with van der Waals surface area (Å²) in [6.07, 6.45) is 3.85. The monoisotopic (exact) mass is 256 g/mol. The first-order chi connectivity index (χ1) is 9.04. The molecular weight excluding hydrogens is 240 g/mol. The Morgan fingerprint density at radius 2 is 2.26 bits per heavy atom. The lowest BCUT2D eigenvalue weighted by Crippen LogP contribution is -2.31. The topological polar surface area (TPSA) is 63.0 Å². The summed E-state index contributed by atoms with van der Waals surface area (Å²) in [5.41, 5.74) is 1.36. The highest BCUT2D eigenvalue weighted by molar-refractivity contribution is 6.02. The Morgan fingerprint density at radius 3 is 3.00 bits per heavy atom. The molecule has 1 aromatic heterocycles. The van der Waals surface area contributed by atoms with Crippen molar-refractivity contribution in [2.24, 2.45) is 5.41 Å². The standard InChI is InChI=1S/C15H16N2O2/c1-15(2)10-19-9-12-4-3-7-17-13(12)6-5-11(8-16)14(15)18/h3-5,7H,6,9-10H2,1-2H3/b11-5-. The summed E-state index contributed by atoms with van der Waals surface area (Å²) in [6.45, 7) is 4.33. The summed E-state index contributed by atoms with van der Waals surface area (Å²) in [5, 5.41) is 9.12. The van der Waals surface area contributed by atoms with E-state index in [2.05, 4.69) is 4.98 Å². The number of pyridine rings is 1. The molecule has 0 saturated heterocycles. The number of nitriles is 1. The first-order valence-electron chi connectivity index (χ1n) is 6.20. The van der Waals surface area contributed by atoms with Gasteiger partial charge in [0.25, 0.3) is 0 Å². The predicted molar refractivity (Wildman–Crippen MR) is 70.1 cm³/mol. The Bertz CT molecular complexity index is 568. The number of rotatable bonds is 0. The third-order valence-corrected chi connectivity index (χ3v) is 3.18. The number of Topliss-reactive ketones (excluding diaryl/α,β-unsaturated/α-hetero) is 1. The first kappa shape index (κ1) is 13.4. The average molecular weight is 256 g/mol. The molecule has 0 bridgehead atoms. The molecule has 19 heavy (non-hydrogen) atoms. The Hall–Kier alpha value is -1.99. The minimum absolute atomic E-state index is 0.172. The molecule has 4 heteroatoms. The van der Waals surface area contributed by atoms with Crippen molar-refractivity contribution in [1.29, 1.82) is 5.26 Å². The molecule has 0 unspecified atom stereocenters. The van der Waals surface area contributed by atoms with Crippen molar-refractivity contribution in [3.05, 3.63) is 41.2 Å². The molecule has 0 atom stereocenters. The van der Waals surface area contributed by atoms with Gasteiger partial charge in [0.1, 0.15) is 6.07 Å². The van der Waals surface area contributed by atoms with Gasteiger partial charge in [0.15, 0.2) is 5.78 Å². The van der Waals surface area contributed by atoms with Crippen LogP contribution in [0, 0.1) is 16.7 Å². The van der Waals surface area contributed by atoms with E-state index >= 15 is 0 Å². The highest BCUT2D eigenvalue weighted by Gasteiger charge is 2.31. The van der Waals surface area contributed by atoms with Crippen LogP contribution in [0.4, 0.5) is 0 Å². The zero-order valence-corrected chi connectivity index (χ0v) is 11.1. The van der Waals surface area contributed by atoms with Gasteiger partial charge < -0.3 is 4.74 Å². The molecule has 2 rings (SSSR count). The van der Waals surface area contributed by atoms with Gasteiger partial charge in [0, 0.05) is 18.3 Å². The highest BCUT2D eigenvalue weighted by atomic mass is 16.5. The number of fused-ring (bicyclic) bond motifs is 1. The molecule has 98 valence electrons. The Labute approximate surface area is 112 Å². The van der Waals surface area contributed by atoms with Gasteiger partial charge in [-0.1, -0.05) is 26.0 Å². The van der Waals surface area contributed by atoms with E-state index in [-0.39, 0.29) is 11.4 Å². The Balaban J connectivity index is 2.41. The number of carbonyl (C=O) groups is 1. The molecule has 2 heterocycles. The maximum atomic E-state index is 12.2. The summed E-state index contributed by atoms with van der Waals surface area (Å²) in [7, 11) is 0. The molecule has 0 aliphatic carbocycles. The molecule has 1 aliphatic heterocycles. The van der Waals surface area contributed by atoms with Gasteiger partial charge in [-0.2, -0.15) is 5.26 Å². The van der Waals surface area contributed by atoms with Gasteiger partial charge in [-0.05, 0) is 11.6 Å². The lowest BCUT2D eigenvalue weighted by atomic mass is 9.84. The van der Waals surface area contributed by atoms with E-state index in [9.17, 15) is 4.79 Å². The van der Waals surface area contributed by atoms with E-state index < -0.39 is 5.41 Å². The van der Waals surface area contributed by atoms with Crippen molar-refractivity contribution in [2.75, 3.05) is 6.61 Å². The number of allylic oxidation sites excluding steroid dienone is 2. The van der Waals surface area contributed by atoms with Crippen LogP contribution in [0.3, 0.4) is 0 Å². The summed E-state index contributed by atoms with van der Waals surface area (Å²) in [4.78, 5) is 16.5. The van der Waals surface area contributed by atoms with Crippen molar-refractivity contribution in [3.8, 4) is 6.07 Å². The van der Waals surface area contributed by atoms with E-state index in [0.717, 1.165) is 11.3 Å². The number of ether oxygens (including phenoxy) is 1. The summed E-state index contributed by atoms with van der Waals surface area (Å²) in [6, 6.07) is 5.80. The molecule has 4 nitrogen and oxygen atoms in total. The molecule has 1 aliphatic rings. The third-order valence-electron chi connectivity index (χ3n) is 3.18. The van der Waals surface area contributed by atoms with Gasteiger partial charge in [-0.15, -0.1) is 0 Å². The third kappa shape index (κ3) is 2.88. The fourth-order valence-corrected chi connectivity index (χ4v) is 2.02. The summed E-state index contributed by atoms with van der Waals surface area (Å²) < 4.78 is 5.62. The molecular formula is C15H16N2O2. The smallest absolute Gasteiger partial charge is 0.180 e. The molecule has 0 spiro atoms. The van der Waals surface area contributed by atoms with E-state index in [1.54, 1.807) is 26.1 Å². The van der Waals surface area contributed by atoms with Crippen molar-refractivity contribution in [2.45, 2.75) is 26.9 Å². The van der Waals surface area contributed by atoms with E-state index in [1.165, 1.54) is 0 Å². The highest BCUT2D eigenvalue weighted by Crippen LogP contribution is 2.24. The van der Waals surface area contributed by atoms with Crippen LogP contribution in [-0.4, -0.2) is 17.4 Å². The van der Waals surface area contributed by atoms with Crippen LogP contribution in [0.1, 0.15) is 25.1 Å². The zero-order valence-electron chi connectivity index (χ0n) is 11.1. The lowest BCUT2D eigenvalue weighted by Gasteiger charge is -2.23. The Kier molecular flexibility index (Phi) is 3.77. The van der Waals surface area contributed by atoms with E-state index in [1.807, 2.05) is 18.2 Å². The number of aromatic nitrogens is 1. The predicted octanol–water partition coefficient (Wildman–Crippen LogP) is 2.20. The lowest BCUT2D eigenvalue weighted by molar-refractivity contribution is -0.126. The second-order valence-electron chi connectivity index (χ2n) is 5.25. The number of carbonyl (C=O) groups excluding carboxylic acids is 1. The van der Waals surface area contributed by atoms with Crippen LogP contribution in [-0.2, 0) is 22.6 Å².